The molecule has 0 aromatic rings. The lowest BCUT2D eigenvalue weighted by Gasteiger charge is -1.85. The molecule has 0 aromatic carbocycles. The van der Waals surface area contributed by atoms with E-state index in [1.165, 1.54) is 19.1 Å². The maximum Gasteiger partial charge on any atom is 0.152 e. The van der Waals surface area contributed by atoms with Gasteiger partial charge in [-0.3, -0.25) is 9.59 Å². The van der Waals surface area contributed by atoms with E-state index in [4.69, 9.17) is 0 Å². The van der Waals surface area contributed by atoms with E-state index in [-0.39, 0.29) is 5.78 Å². The maximum absolute atomic E-state index is 10.4. The molecule has 2 nitrogen and oxygen atoms in total. The van der Waals surface area contributed by atoms with Gasteiger partial charge in [-0.25, -0.2) is 0 Å². The maximum atomic E-state index is 10.4. The predicted molar refractivity (Wildman–Crippen MR) is 39.6 cm³/mol. The summed E-state index contributed by atoms with van der Waals surface area (Å²) in [5.41, 5.74) is 0.791. The summed E-state index contributed by atoms with van der Waals surface area (Å²) in [5, 5.41) is 0. The number of allylic oxidation sites excluding steroid dienone is 4. The molecular weight excluding hydrogens is 128 g/mol. The van der Waals surface area contributed by atoms with Crippen molar-refractivity contribution in [3.8, 4) is 0 Å². The van der Waals surface area contributed by atoms with Crippen LogP contribution in [0.1, 0.15) is 13.8 Å². The third-order valence-electron chi connectivity index (χ3n) is 0.869. The monoisotopic (exact) mass is 138 g/mol. The van der Waals surface area contributed by atoms with Gasteiger partial charge in [0.05, 0.1) is 0 Å². The Balaban J connectivity index is 4.06. The third kappa shape index (κ3) is 4.97. The Morgan fingerprint density at radius 3 is 2.30 bits per heavy atom. The molecule has 0 radical (unpaired) electrons. The van der Waals surface area contributed by atoms with Crippen molar-refractivity contribution in [1.29, 1.82) is 0 Å². The zero-order chi connectivity index (χ0) is 7.98. The second-order valence-electron chi connectivity index (χ2n) is 1.99. The number of hydrogen-bond acceptors (Lipinski definition) is 2. The van der Waals surface area contributed by atoms with E-state index in [0.29, 0.717) is 6.29 Å². The zero-order valence-electron chi connectivity index (χ0n) is 6.13. The molecule has 0 spiro atoms. The Morgan fingerprint density at radius 2 is 1.90 bits per heavy atom. The van der Waals surface area contributed by atoms with Crippen LogP contribution >= 0.6 is 0 Å². The first kappa shape index (κ1) is 8.82. The number of carbonyl (C=O) groups excluding carboxylic acids is 2. The zero-order valence-corrected chi connectivity index (χ0v) is 6.13. The summed E-state index contributed by atoms with van der Waals surface area (Å²) >= 11 is 0. The summed E-state index contributed by atoms with van der Waals surface area (Å²) in [4.78, 5) is 20.2. The van der Waals surface area contributed by atoms with Crippen LogP contribution in [0.4, 0.5) is 0 Å². The molecule has 0 rings (SSSR count). The fraction of sp³-hybridized carbons (Fsp3) is 0.250. The van der Waals surface area contributed by atoms with E-state index < -0.39 is 0 Å². The molecule has 0 bridgehead atoms. The van der Waals surface area contributed by atoms with Crippen LogP contribution < -0.4 is 0 Å². The van der Waals surface area contributed by atoms with Gasteiger partial charge in [0.2, 0.25) is 0 Å². The van der Waals surface area contributed by atoms with E-state index >= 15 is 0 Å². The fourth-order valence-corrected chi connectivity index (χ4v) is 0.560. The van der Waals surface area contributed by atoms with Crippen molar-refractivity contribution < 1.29 is 9.59 Å². The smallest absolute Gasteiger partial charge is 0.152 e. The molecule has 0 amide bonds. The predicted octanol–water partition coefficient (Wildman–Crippen LogP) is 1.28. The molecule has 0 aromatic heterocycles. The lowest BCUT2D eigenvalue weighted by molar-refractivity contribution is -0.112. The molecule has 2 heteroatoms. The molecule has 0 aliphatic carbocycles. The van der Waals surface area contributed by atoms with Gasteiger partial charge in [0.1, 0.15) is 6.29 Å². The second-order valence-corrected chi connectivity index (χ2v) is 1.99. The van der Waals surface area contributed by atoms with Gasteiger partial charge in [-0.1, -0.05) is 6.08 Å². The van der Waals surface area contributed by atoms with E-state index in [9.17, 15) is 9.59 Å². The fourth-order valence-electron chi connectivity index (χ4n) is 0.560. The van der Waals surface area contributed by atoms with Crippen molar-refractivity contribution in [3.63, 3.8) is 0 Å². The molecular formula is C8H10O2. The highest BCUT2D eigenvalue weighted by Crippen LogP contribution is 1.93. The van der Waals surface area contributed by atoms with Gasteiger partial charge < -0.3 is 0 Å². The lowest BCUT2D eigenvalue weighted by Crippen LogP contribution is -1.82. The van der Waals surface area contributed by atoms with Gasteiger partial charge in [-0.2, -0.15) is 0 Å². The Kier molecular flexibility index (Phi) is 4.12. The van der Waals surface area contributed by atoms with E-state index in [0.717, 1.165) is 5.57 Å². The average Bonchev–Trinajstić information content (AvgIpc) is 1.82. The van der Waals surface area contributed by atoms with Crippen molar-refractivity contribution in [2.75, 3.05) is 0 Å². The number of ketones is 1. The SMILES string of the molecule is CC(=O)/C=C(C)/C=C/C=O. The standard InChI is InChI=1S/C8H10O2/c1-7(4-3-5-9)6-8(2)10/h3-6H,1-2H3/b4-3+,7-6+. The van der Waals surface area contributed by atoms with Crippen LogP contribution in [0.3, 0.4) is 0 Å². The van der Waals surface area contributed by atoms with Gasteiger partial charge in [-0.05, 0) is 31.6 Å². The molecule has 54 valence electrons. The summed E-state index contributed by atoms with van der Waals surface area (Å²) in [6.45, 7) is 3.24. The number of carbonyl (C=O) groups is 2. The largest absolute Gasteiger partial charge is 0.299 e. The van der Waals surface area contributed by atoms with Crippen LogP contribution in [0, 0.1) is 0 Å². The summed E-state index contributed by atoms with van der Waals surface area (Å²) in [5.74, 6) is -0.00644. The normalized spacial score (nSPS) is 12.0. The third-order valence-corrected chi connectivity index (χ3v) is 0.869. The highest BCUT2D eigenvalue weighted by atomic mass is 16.1. The van der Waals surface area contributed by atoms with E-state index in [1.807, 2.05) is 0 Å². The van der Waals surface area contributed by atoms with Crippen LogP contribution in [0.25, 0.3) is 0 Å². The van der Waals surface area contributed by atoms with Crippen molar-refractivity contribution >= 4 is 12.1 Å². The lowest BCUT2D eigenvalue weighted by atomic mass is 10.2. The molecule has 0 atom stereocenters. The first-order chi connectivity index (χ1) is 4.66. The highest BCUT2D eigenvalue weighted by Gasteiger charge is 1.84. The minimum atomic E-state index is -0.00644. The first-order valence-electron chi connectivity index (χ1n) is 2.97. The molecule has 0 saturated heterocycles. The van der Waals surface area contributed by atoms with Crippen LogP contribution in [0.5, 0.6) is 0 Å². The van der Waals surface area contributed by atoms with Gasteiger partial charge in [-0.15, -0.1) is 0 Å². The highest BCUT2D eigenvalue weighted by molar-refractivity contribution is 5.88. The number of aldehydes is 1. The minimum Gasteiger partial charge on any atom is -0.299 e. The second kappa shape index (κ2) is 4.68. The average molecular weight is 138 g/mol. The van der Waals surface area contributed by atoms with Gasteiger partial charge >= 0.3 is 0 Å². The minimum absolute atomic E-state index is 0.00644. The van der Waals surface area contributed by atoms with E-state index in [2.05, 4.69) is 0 Å². The van der Waals surface area contributed by atoms with Crippen LogP contribution in [0.15, 0.2) is 23.8 Å². The molecule has 0 aliphatic rings. The van der Waals surface area contributed by atoms with E-state index in [1.54, 1.807) is 13.0 Å². The molecule has 0 unspecified atom stereocenters. The molecule has 10 heavy (non-hydrogen) atoms. The quantitative estimate of drug-likeness (QED) is 0.334. The van der Waals surface area contributed by atoms with Crippen LogP contribution in [0.2, 0.25) is 0 Å². The molecule has 0 heterocycles. The topological polar surface area (TPSA) is 34.1 Å². The summed E-state index contributed by atoms with van der Waals surface area (Å²) in [7, 11) is 0. The Bertz CT molecular complexity index is 187. The summed E-state index contributed by atoms with van der Waals surface area (Å²) in [6, 6.07) is 0. The van der Waals surface area contributed by atoms with Crippen molar-refractivity contribution in [2.24, 2.45) is 0 Å². The summed E-state index contributed by atoms with van der Waals surface area (Å²) < 4.78 is 0. The van der Waals surface area contributed by atoms with Crippen molar-refractivity contribution in [3.05, 3.63) is 23.8 Å². The Morgan fingerprint density at radius 1 is 1.30 bits per heavy atom. The summed E-state index contributed by atoms with van der Waals surface area (Å²) in [6.07, 6.45) is 5.10. The Labute approximate surface area is 60.2 Å². The van der Waals surface area contributed by atoms with Crippen LogP contribution in [-0.2, 0) is 9.59 Å². The van der Waals surface area contributed by atoms with Gasteiger partial charge in [0, 0.05) is 0 Å². The van der Waals surface area contributed by atoms with Gasteiger partial charge in [0.25, 0.3) is 0 Å². The van der Waals surface area contributed by atoms with Gasteiger partial charge in [0.15, 0.2) is 5.78 Å². The Hall–Kier alpha value is -1.18. The van der Waals surface area contributed by atoms with Crippen LogP contribution in [-0.4, -0.2) is 12.1 Å². The van der Waals surface area contributed by atoms with Crippen molar-refractivity contribution in [2.45, 2.75) is 13.8 Å². The number of rotatable bonds is 3. The molecule has 0 fully saturated rings. The number of hydrogen-bond donors (Lipinski definition) is 0. The molecule has 0 N–H and O–H groups in total. The first-order valence-corrected chi connectivity index (χ1v) is 2.97. The molecule has 0 aliphatic heterocycles. The van der Waals surface area contributed by atoms with Crippen molar-refractivity contribution in [1.82, 2.24) is 0 Å². The molecule has 0 saturated carbocycles.